The van der Waals surface area contributed by atoms with E-state index >= 15 is 0 Å². The van der Waals surface area contributed by atoms with Crippen molar-refractivity contribution in [3.8, 4) is 5.75 Å². The van der Waals surface area contributed by atoms with Gasteiger partial charge >= 0.3 is 0 Å². The molecule has 0 radical (unpaired) electrons. The van der Waals surface area contributed by atoms with E-state index in [9.17, 15) is 19.2 Å². The zero-order chi connectivity index (χ0) is 32.1. The number of halogens is 1. The number of hydrogen-bond acceptors (Lipinski definition) is 7. The monoisotopic (exact) mass is 628 g/mol. The third-order valence-electron chi connectivity index (χ3n) is 7.22. The van der Waals surface area contributed by atoms with Crippen LogP contribution in [0.5, 0.6) is 5.75 Å². The molecule has 0 fully saturated rings. The van der Waals surface area contributed by atoms with Gasteiger partial charge in [-0.15, -0.1) is 0 Å². The summed E-state index contributed by atoms with van der Waals surface area (Å²) in [6, 6.07) is 12.1. The van der Waals surface area contributed by atoms with Crippen LogP contribution < -0.4 is 21.1 Å². The van der Waals surface area contributed by atoms with Crippen molar-refractivity contribution in [3.63, 3.8) is 0 Å². The normalized spacial score (nSPS) is 11.7. The fraction of sp³-hybridized carbons (Fsp3) is 0.438. The Hall–Kier alpha value is -3.93. The first-order chi connectivity index (χ1) is 21.1. The number of methoxy groups -OCH3 is 1. The predicted molar refractivity (Wildman–Crippen MR) is 168 cm³/mol. The van der Waals surface area contributed by atoms with Crippen molar-refractivity contribution in [3.05, 3.63) is 64.3 Å². The molecule has 0 unspecified atom stereocenters. The zero-order valence-electron chi connectivity index (χ0n) is 25.5. The molecule has 0 spiro atoms. The summed E-state index contributed by atoms with van der Waals surface area (Å²) in [7, 11) is 1.56. The fourth-order valence-corrected chi connectivity index (χ4v) is 4.79. The summed E-state index contributed by atoms with van der Waals surface area (Å²) in [5, 5.41) is 6.91. The number of nitrogens with two attached hydrogens (primary N) is 1. The lowest BCUT2D eigenvalue weighted by Gasteiger charge is -2.09. The molecule has 1 atom stereocenters. The molecule has 238 valence electrons. The van der Waals surface area contributed by atoms with Gasteiger partial charge in [-0.2, -0.15) is 0 Å². The van der Waals surface area contributed by atoms with Gasteiger partial charge in [0.2, 0.25) is 17.7 Å². The first-order valence-corrected chi connectivity index (χ1v) is 15.0. The number of amides is 3. The number of primary amides is 1. The van der Waals surface area contributed by atoms with Gasteiger partial charge in [0.15, 0.2) is 0 Å². The molecule has 0 aliphatic rings. The summed E-state index contributed by atoms with van der Waals surface area (Å²) in [6.07, 6.45) is 2.33. The molecule has 3 rings (SSSR count). The van der Waals surface area contributed by atoms with Gasteiger partial charge in [-0.1, -0.05) is 24.9 Å². The topological polar surface area (TPSA) is 151 Å². The van der Waals surface area contributed by atoms with E-state index in [0.717, 1.165) is 23.8 Å². The number of benzene rings is 2. The lowest BCUT2D eigenvalue weighted by molar-refractivity contribution is -0.126. The highest BCUT2D eigenvalue weighted by Crippen LogP contribution is 2.31. The SMILES string of the molecule is COc1ccc2c(c1)c(CC(=O)NCCOCCOCC(=O)NCCCC[C@H](C)C(N)=O)c(C)n2C(=O)c1ccc(Cl)cc1. The van der Waals surface area contributed by atoms with E-state index in [4.69, 9.17) is 31.5 Å². The van der Waals surface area contributed by atoms with Crippen molar-refractivity contribution in [2.45, 2.75) is 39.5 Å². The van der Waals surface area contributed by atoms with Gasteiger partial charge in [0, 0.05) is 40.7 Å². The number of ether oxygens (including phenoxy) is 3. The van der Waals surface area contributed by atoms with Crippen molar-refractivity contribution in [1.29, 1.82) is 0 Å². The Morgan fingerprint density at radius 1 is 0.932 bits per heavy atom. The van der Waals surface area contributed by atoms with E-state index < -0.39 is 0 Å². The van der Waals surface area contributed by atoms with Crippen LogP contribution in [0.1, 0.15) is 47.8 Å². The van der Waals surface area contributed by atoms with E-state index in [-0.39, 0.29) is 62.4 Å². The summed E-state index contributed by atoms with van der Waals surface area (Å²) in [5.41, 5.74) is 7.78. The zero-order valence-corrected chi connectivity index (χ0v) is 26.2. The molecular weight excluding hydrogens is 588 g/mol. The Labute approximate surface area is 262 Å². The second-order valence-corrected chi connectivity index (χ2v) is 10.9. The van der Waals surface area contributed by atoms with E-state index in [1.54, 1.807) is 48.9 Å². The molecule has 2 aromatic carbocycles. The van der Waals surface area contributed by atoms with Crippen molar-refractivity contribution < 1.29 is 33.4 Å². The van der Waals surface area contributed by atoms with Crippen LogP contribution in [-0.2, 0) is 30.3 Å². The number of nitrogens with one attached hydrogen (secondary N) is 2. The van der Waals surface area contributed by atoms with E-state index in [0.29, 0.717) is 47.1 Å². The first kappa shape index (κ1) is 34.6. The number of carbonyl (C=O) groups excluding carboxylic acids is 4. The maximum Gasteiger partial charge on any atom is 0.262 e. The Kier molecular flexibility index (Phi) is 13.7. The molecule has 3 amide bonds. The third kappa shape index (κ3) is 10.1. The highest BCUT2D eigenvalue weighted by molar-refractivity contribution is 6.30. The number of aromatic nitrogens is 1. The number of hydrogen-bond donors (Lipinski definition) is 3. The quantitative estimate of drug-likeness (QED) is 0.183. The van der Waals surface area contributed by atoms with Crippen LogP contribution in [0.3, 0.4) is 0 Å². The number of carbonyl (C=O) groups is 4. The largest absolute Gasteiger partial charge is 0.497 e. The van der Waals surface area contributed by atoms with Crippen LogP contribution >= 0.6 is 11.6 Å². The van der Waals surface area contributed by atoms with Crippen molar-refractivity contribution in [1.82, 2.24) is 15.2 Å². The lowest BCUT2D eigenvalue weighted by atomic mass is 10.0. The number of unbranched alkanes of at least 4 members (excludes halogenated alkanes) is 1. The third-order valence-corrected chi connectivity index (χ3v) is 7.47. The second-order valence-electron chi connectivity index (χ2n) is 10.4. The van der Waals surface area contributed by atoms with Crippen molar-refractivity contribution in [2.75, 3.05) is 46.6 Å². The molecule has 12 heteroatoms. The molecule has 0 aliphatic heterocycles. The number of rotatable bonds is 18. The van der Waals surface area contributed by atoms with E-state index in [1.165, 1.54) is 0 Å². The molecule has 1 heterocycles. The van der Waals surface area contributed by atoms with Crippen LogP contribution in [0, 0.1) is 12.8 Å². The summed E-state index contributed by atoms with van der Waals surface area (Å²) in [4.78, 5) is 49.2. The predicted octanol–water partition coefficient (Wildman–Crippen LogP) is 3.40. The van der Waals surface area contributed by atoms with Gasteiger partial charge < -0.3 is 30.6 Å². The van der Waals surface area contributed by atoms with Crippen LogP contribution in [-0.4, -0.2) is 74.8 Å². The Morgan fingerprint density at radius 2 is 1.64 bits per heavy atom. The Bertz CT molecular complexity index is 1440. The summed E-state index contributed by atoms with van der Waals surface area (Å²) >= 11 is 6.00. The minimum atomic E-state index is -0.312. The van der Waals surface area contributed by atoms with Crippen molar-refractivity contribution >= 4 is 46.1 Å². The Morgan fingerprint density at radius 3 is 2.34 bits per heavy atom. The molecule has 0 saturated heterocycles. The maximum atomic E-state index is 13.4. The average molecular weight is 629 g/mol. The summed E-state index contributed by atoms with van der Waals surface area (Å²) < 4.78 is 17.8. The fourth-order valence-electron chi connectivity index (χ4n) is 4.66. The van der Waals surface area contributed by atoms with E-state index in [2.05, 4.69) is 10.6 Å². The van der Waals surface area contributed by atoms with Crippen LogP contribution in [0.4, 0.5) is 0 Å². The van der Waals surface area contributed by atoms with Crippen LogP contribution in [0.2, 0.25) is 5.02 Å². The minimum Gasteiger partial charge on any atom is -0.497 e. The molecule has 0 saturated carbocycles. The smallest absolute Gasteiger partial charge is 0.262 e. The standard InChI is InChI=1S/C32H41ClN4O7/c1-21(31(34)40)6-4-5-13-35-30(39)20-44-17-16-43-15-14-36-29(38)19-26-22(2)37(28-12-11-25(42-3)18-27(26)28)32(41)23-7-9-24(33)10-8-23/h7-12,18,21H,4-6,13-17,19-20H2,1-3H3,(H2,34,40)(H,35,39)(H,36,38)/t21-/m0/s1. The van der Waals surface area contributed by atoms with Gasteiger partial charge in [-0.25, -0.2) is 0 Å². The molecule has 44 heavy (non-hydrogen) atoms. The average Bonchev–Trinajstić information content (AvgIpc) is 3.27. The Balaban J connectivity index is 1.41. The summed E-state index contributed by atoms with van der Waals surface area (Å²) in [5.74, 6) is -0.509. The van der Waals surface area contributed by atoms with E-state index in [1.807, 2.05) is 19.1 Å². The molecule has 0 bridgehead atoms. The number of nitrogens with zero attached hydrogens (tertiary/aromatic N) is 1. The van der Waals surface area contributed by atoms with Gasteiger partial charge in [0.25, 0.3) is 5.91 Å². The van der Waals surface area contributed by atoms with Gasteiger partial charge in [0.05, 0.1) is 38.9 Å². The molecule has 1 aromatic heterocycles. The van der Waals surface area contributed by atoms with Crippen molar-refractivity contribution in [2.24, 2.45) is 11.7 Å². The van der Waals surface area contributed by atoms with Crippen LogP contribution in [0.15, 0.2) is 42.5 Å². The highest BCUT2D eigenvalue weighted by atomic mass is 35.5. The van der Waals surface area contributed by atoms with Gasteiger partial charge in [0.1, 0.15) is 12.4 Å². The lowest BCUT2D eigenvalue weighted by Crippen LogP contribution is -2.30. The highest BCUT2D eigenvalue weighted by Gasteiger charge is 2.22. The molecular formula is C32H41ClN4O7. The second kappa shape index (κ2) is 17.4. The first-order valence-electron chi connectivity index (χ1n) is 14.6. The molecule has 11 nitrogen and oxygen atoms in total. The summed E-state index contributed by atoms with van der Waals surface area (Å²) in [6.45, 7) is 5.12. The number of fused-ring (bicyclic) bond motifs is 1. The minimum absolute atomic E-state index is 0.0682. The van der Waals surface area contributed by atoms with Gasteiger partial charge in [-0.3, -0.25) is 23.7 Å². The van der Waals surface area contributed by atoms with Crippen LogP contribution in [0.25, 0.3) is 10.9 Å². The molecule has 0 aliphatic carbocycles. The van der Waals surface area contributed by atoms with Gasteiger partial charge in [-0.05, 0) is 67.8 Å². The maximum absolute atomic E-state index is 13.4. The molecule has 4 N–H and O–H groups in total. The molecule has 3 aromatic rings.